The summed E-state index contributed by atoms with van der Waals surface area (Å²) in [6, 6.07) is 0. The molecule has 1 aliphatic rings. The van der Waals surface area contributed by atoms with Gasteiger partial charge in [0, 0.05) is 12.4 Å². The van der Waals surface area contributed by atoms with Crippen LogP contribution in [-0.2, 0) is 4.74 Å². The van der Waals surface area contributed by atoms with Gasteiger partial charge in [-0.3, -0.25) is 4.98 Å². The summed E-state index contributed by atoms with van der Waals surface area (Å²) in [4.78, 5) is 10.4. The molecule has 1 aromatic heterocycles. The molecule has 1 aliphatic heterocycles. The maximum absolute atomic E-state index is 5.69. The molecule has 0 radical (unpaired) electrons. The van der Waals surface area contributed by atoms with E-state index in [2.05, 4.69) is 25.9 Å². The van der Waals surface area contributed by atoms with Gasteiger partial charge in [-0.05, 0) is 0 Å². The summed E-state index contributed by atoms with van der Waals surface area (Å²) >= 11 is 3.50. The van der Waals surface area contributed by atoms with Crippen LogP contribution in [-0.4, -0.2) is 34.3 Å². The molecular weight excluding hydrogens is 248 g/mol. The van der Waals surface area contributed by atoms with Crippen LogP contribution in [0.4, 0.5) is 5.82 Å². The van der Waals surface area contributed by atoms with Gasteiger partial charge in [-0.15, -0.1) is 0 Å². The van der Waals surface area contributed by atoms with Crippen LogP contribution < -0.4 is 10.6 Å². The number of ether oxygens (including phenoxy) is 1. The second-order valence-electron chi connectivity index (χ2n) is 3.02. The minimum absolute atomic E-state index is 0.110. The Labute approximate surface area is 90.4 Å². The smallest absolute Gasteiger partial charge is 0.148 e. The van der Waals surface area contributed by atoms with Crippen LogP contribution >= 0.6 is 15.9 Å². The molecule has 6 heteroatoms. The predicted molar refractivity (Wildman–Crippen MR) is 56.0 cm³/mol. The molecule has 76 valence electrons. The van der Waals surface area contributed by atoms with Gasteiger partial charge < -0.3 is 15.4 Å². The van der Waals surface area contributed by atoms with E-state index in [0.717, 1.165) is 5.82 Å². The van der Waals surface area contributed by atoms with Gasteiger partial charge in [0.2, 0.25) is 0 Å². The summed E-state index contributed by atoms with van der Waals surface area (Å²) < 4.78 is 5.28. The van der Waals surface area contributed by atoms with Crippen LogP contribution in [0.5, 0.6) is 0 Å². The zero-order valence-electron chi connectivity index (χ0n) is 7.51. The Hall–Kier alpha value is -0.720. The zero-order chi connectivity index (χ0) is 9.97. The standard InChI is InChI=1S/C8H11BrN4O/c9-6-5-14-7(10)4-13(6)8-3-11-1-2-12-8/h1-3,6-7H,4-5,10H2. The van der Waals surface area contributed by atoms with E-state index in [1.807, 2.05) is 4.90 Å². The van der Waals surface area contributed by atoms with E-state index >= 15 is 0 Å². The van der Waals surface area contributed by atoms with Crippen molar-refractivity contribution in [3.63, 3.8) is 0 Å². The fraction of sp³-hybridized carbons (Fsp3) is 0.500. The molecule has 2 N–H and O–H groups in total. The highest BCUT2D eigenvalue weighted by molar-refractivity contribution is 9.09. The minimum atomic E-state index is -0.259. The van der Waals surface area contributed by atoms with Crippen molar-refractivity contribution in [3.05, 3.63) is 18.6 Å². The van der Waals surface area contributed by atoms with Gasteiger partial charge in [0.1, 0.15) is 17.0 Å². The molecule has 14 heavy (non-hydrogen) atoms. The lowest BCUT2D eigenvalue weighted by Gasteiger charge is -2.35. The lowest BCUT2D eigenvalue weighted by atomic mass is 10.4. The topological polar surface area (TPSA) is 64.3 Å². The van der Waals surface area contributed by atoms with Gasteiger partial charge in [0.05, 0.1) is 19.3 Å². The number of aromatic nitrogens is 2. The maximum atomic E-state index is 5.69. The number of nitrogens with two attached hydrogens (primary N) is 1. The van der Waals surface area contributed by atoms with Crippen molar-refractivity contribution in [3.8, 4) is 0 Å². The summed E-state index contributed by atoms with van der Waals surface area (Å²) in [5.74, 6) is 0.813. The summed E-state index contributed by atoms with van der Waals surface area (Å²) in [6.45, 7) is 1.17. The quantitative estimate of drug-likeness (QED) is 0.581. The number of morpholine rings is 1. The molecule has 1 fully saturated rings. The van der Waals surface area contributed by atoms with Crippen molar-refractivity contribution >= 4 is 21.7 Å². The molecule has 0 amide bonds. The van der Waals surface area contributed by atoms with Gasteiger partial charge >= 0.3 is 0 Å². The molecule has 0 aliphatic carbocycles. The minimum Gasteiger partial charge on any atom is -0.359 e. The van der Waals surface area contributed by atoms with Crippen molar-refractivity contribution in [2.45, 2.75) is 11.2 Å². The summed E-state index contributed by atoms with van der Waals surface area (Å²) in [5.41, 5.74) is 5.69. The Morgan fingerprint density at radius 2 is 2.43 bits per heavy atom. The summed E-state index contributed by atoms with van der Waals surface area (Å²) in [6.07, 6.45) is 4.76. The Morgan fingerprint density at radius 3 is 3.14 bits per heavy atom. The van der Waals surface area contributed by atoms with Crippen molar-refractivity contribution in [1.29, 1.82) is 0 Å². The fourth-order valence-corrected chi connectivity index (χ4v) is 1.86. The summed E-state index contributed by atoms with van der Waals surface area (Å²) in [5, 5.41) is 0. The zero-order valence-corrected chi connectivity index (χ0v) is 9.09. The Balaban J connectivity index is 2.16. The van der Waals surface area contributed by atoms with Crippen LogP contribution in [0.25, 0.3) is 0 Å². The van der Waals surface area contributed by atoms with Crippen molar-refractivity contribution in [1.82, 2.24) is 9.97 Å². The lowest BCUT2D eigenvalue weighted by molar-refractivity contribution is 0.0399. The number of hydrogen-bond donors (Lipinski definition) is 1. The normalized spacial score (nSPS) is 27.7. The first-order valence-electron chi connectivity index (χ1n) is 4.31. The van der Waals surface area contributed by atoms with Gasteiger partial charge in [-0.25, -0.2) is 4.98 Å². The van der Waals surface area contributed by atoms with E-state index in [-0.39, 0.29) is 11.2 Å². The van der Waals surface area contributed by atoms with Crippen LogP contribution in [0.1, 0.15) is 0 Å². The third-order valence-electron chi connectivity index (χ3n) is 2.01. The van der Waals surface area contributed by atoms with Gasteiger partial charge in [0.25, 0.3) is 0 Å². The number of halogens is 1. The largest absolute Gasteiger partial charge is 0.359 e. The van der Waals surface area contributed by atoms with Crippen LogP contribution in [0, 0.1) is 0 Å². The van der Waals surface area contributed by atoms with Crippen molar-refractivity contribution in [2.24, 2.45) is 5.73 Å². The van der Waals surface area contributed by atoms with Crippen molar-refractivity contribution < 1.29 is 4.74 Å². The first kappa shape index (κ1) is 9.82. The van der Waals surface area contributed by atoms with E-state index in [4.69, 9.17) is 10.5 Å². The first-order chi connectivity index (χ1) is 6.77. The third kappa shape index (κ3) is 2.02. The van der Waals surface area contributed by atoms with Crippen LogP contribution in [0.2, 0.25) is 0 Å². The SMILES string of the molecule is NC1CN(c2cnccn2)C(Br)CO1. The van der Waals surface area contributed by atoms with Crippen LogP contribution in [0.3, 0.4) is 0 Å². The highest BCUT2D eigenvalue weighted by atomic mass is 79.9. The second kappa shape index (κ2) is 4.20. The average molecular weight is 259 g/mol. The highest BCUT2D eigenvalue weighted by Crippen LogP contribution is 2.20. The molecule has 0 spiro atoms. The molecule has 0 aromatic carbocycles. The van der Waals surface area contributed by atoms with E-state index in [1.165, 1.54) is 0 Å². The van der Waals surface area contributed by atoms with Gasteiger partial charge in [-0.1, -0.05) is 15.9 Å². The predicted octanol–water partition coefficient (Wildman–Crippen LogP) is 0.319. The van der Waals surface area contributed by atoms with E-state index < -0.39 is 0 Å². The molecule has 2 rings (SSSR count). The van der Waals surface area contributed by atoms with E-state index in [9.17, 15) is 0 Å². The number of nitrogens with zero attached hydrogens (tertiary/aromatic N) is 3. The molecule has 2 unspecified atom stereocenters. The van der Waals surface area contributed by atoms with E-state index in [1.54, 1.807) is 18.6 Å². The maximum Gasteiger partial charge on any atom is 0.148 e. The number of alkyl halides is 1. The molecular formula is C8H11BrN4O. The molecule has 0 saturated carbocycles. The van der Waals surface area contributed by atoms with Crippen molar-refractivity contribution in [2.75, 3.05) is 18.1 Å². The number of anilines is 1. The molecule has 5 nitrogen and oxygen atoms in total. The van der Waals surface area contributed by atoms with Crippen LogP contribution in [0.15, 0.2) is 18.6 Å². The molecule has 1 saturated heterocycles. The first-order valence-corrected chi connectivity index (χ1v) is 5.23. The molecule has 2 atom stereocenters. The molecule has 2 heterocycles. The fourth-order valence-electron chi connectivity index (χ4n) is 1.33. The summed E-state index contributed by atoms with van der Waals surface area (Å²) in [7, 11) is 0. The number of rotatable bonds is 1. The molecule has 0 bridgehead atoms. The molecule has 1 aromatic rings. The number of hydrogen-bond acceptors (Lipinski definition) is 5. The Morgan fingerprint density at radius 1 is 1.57 bits per heavy atom. The third-order valence-corrected chi connectivity index (χ3v) is 2.77. The lowest BCUT2D eigenvalue weighted by Crippen LogP contribution is -2.50. The highest BCUT2D eigenvalue weighted by Gasteiger charge is 2.25. The Kier molecular flexibility index (Phi) is 2.95. The average Bonchev–Trinajstić information content (AvgIpc) is 2.23. The Bertz CT molecular complexity index is 297. The van der Waals surface area contributed by atoms with Gasteiger partial charge in [0.15, 0.2) is 0 Å². The monoisotopic (exact) mass is 258 g/mol. The van der Waals surface area contributed by atoms with Gasteiger partial charge in [-0.2, -0.15) is 0 Å². The second-order valence-corrected chi connectivity index (χ2v) is 4.08. The van der Waals surface area contributed by atoms with E-state index in [0.29, 0.717) is 13.2 Å².